The van der Waals surface area contributed by atoms with Crippen molar-refractivity contribution >= 4 is 0 Å². The fraction of sp³-hybridized carbons (Fsp3) is 0.750. The summed E-state index contributed by atoms with van der Waals surface area (Å²) in [6.45, 7) is 7.85. The van der Waals surface area contributed by atoms with Crippen molar-refractivity contribution in [3.8, 4) is 0 Å². The summed E-state index contributed by atoms with van der Waals surface area (Å²) in [5.74, 6) is 1.87. The van der Waals surface area contributed by atoms with Gasteiger partial charge in [-0.1, -0.05) is 0 Å². The Hall–Kier alpha value is -0.840. The highest BCUT2D eigenvalue weighted by Crippen LogP contribution is 2.17. The molecule has 0 radical (unpaired) electrons. The summed E-state index contributed by atoms with van der Waals surface area (Å²) in [6.07, 6.45) is 4.41. The van der Waals surface area contributed by atoms with Crippen molar-refractivity contribution in [1.82, 2.24) is 15.1 Å². The molecule has 0 aliphatic carbocycles. The molecule has 2 heterocycles. The second-order valence-electron chi connectivity index (χ2n) is 6.25. The van der Waals surface area contributed by atoms with Crippen LogP contribution in [0.2, 0.25) is 0 Å². The van der Waals surface area contributed by atoms with E-state index in [2.05, 4.69) is 36.1 Å². The first kappa shape index (κ1) is 15.5. The van der Waals surface area contributed by atoms with Crippen LogP contribution in [0.3, 0.4) is 0 Å². The van der Waals surface area contributed by atoms with Gasteiger partial charge in [0, 0.05) is 19.1 Å². The average Bonchev–Trinajstić information content (AvgIpc) is 2.94. The molecule has 1 fully saturated rings. The van der Waals surface area contributed by atoms with Crippen LogP contribution in [0.4, 0.5) is 0 Å². The highest BCUT2D eigenvalue weighted by atomic mass is 16.3. The Kier molecular flexibility index (Phi) is 6.07. The Balaban J connectivity index is 1.62. The van der Waals surface area contributed by atoms with E-state index >= 15 is 0 Å². The van der Waals surface area contributed by atoms with Crippen LogP contribution in [0, 0.1) is 5.92 Å². The fourth-order valence-corrected chi connectivity index (χ4v) is 2.81. The number of piperidine rings is 1. The zero-order chi connectivity index (χ0) is 14.4. The molecule has 20 heavy (non-hydrogen) atoms. The molecule has 1 aliphatic heterocycles. The van der Waals surface area contributed by atoms with E-state index in [0.717, 1.165) is 24.8 Å². The quantitative estimate of drug-likeness (QED) is 0.827. The molecule has 1 aliphatic rings. The Morgan fingerprint density at radius 3 is 2.85 bits per heavy atom. The SMILES string of the molecule is CC(CNCc1ccco1)N(C)CC1CCN(C)CC1. The Labute approximate surface area is 123 Å². The Bertz CT molecular complexity index is 358. The van der Waals surface area contributed by atoms with Crippen LogP contribution < -0.4 is 5.32 Å². The molecule has 0 bridgehead atoms. The lowest BCUT2D eigenvalue weighted by atomic mass is 9.96. The summed E-state index contributed by atoms with van der Waals surface area (Å²) in [7, 11) is 4.47. The molecule has 1 atom stereocenters. The third-order valence-electron chi connectivity index (χ3n) is 4.46. The summed E-state index contributed by atoms with van der Waals surface area (Å²) in [5, 5.41) is 3.47. The van der Waals surface area contributed by atoms with Gasteiger partial charge >= 0.3 is 0 Å². The van der Waals surface area contributed by atoms with Crippen molar-refractivity contribution < 1.29 is 4.42 Å². The molecule has 4 heteroatoms. The lowest BCUT2D eigenvalue weighted by molar-refractivity contribution is 0.153. The fourth-order valence-electron chi connectivity index (χ4n) is 2.81. The molecule has 114 valence electrons. The van der Waals surface area contributed by atoms with Gasteiger partial charge in [0.15, 0.2) is 0 Å². The maximum Gasteiger partial charge on any atom is 0.117 e. The second kappa shape index (κ2) is 7.81. The minimum atomic E-state index is 0.560. The maximum absolute atomic E-state index is 5.33. The first-order valence-corrected chi connectivity index (χ1v) is 7.77. The molecule has 1 aromatic rings. The highest BCUT2D eigenvalue weighted by molar-refractivity contribution is 4.97. The molecule has 0 amide bonds. The van der Waals surface area contributed by atoms with Gasteiger partial charge < -0.3 is 19.5 Å². The van der Waals surface area contributed by atoms with Gasteiger partial charge in [-0.2, -0.15) is 0 Å². The summed E-state index contributed by atoms with van der Waals surface area (Å²) in [4.78, 5) is 4.93. The van der Waals surface area contributed by atoms with E-state index in [1.54, 1.807) is 6.26 Å². The first-order chi connectivity index (χ1) is 9.65. The number of likely N-dealkylation sites (tertiary alicyclic amines) is 1. The van der Waals surface area contributed by atoms with Crippen molar-refractivity contribution in [2.45, 2.75) is 32.4 Å². The lowest BCUT2D eigenvalue weighted by Gasteiger charge is -2.34. The van der Waals surface area contributed by atoms with Crippen molar-refractivity contribution in [2.24, 2.45) is 5.92 Å². The van der Waals surface area contributed by atoms with Crippen LogP contribution in [-0.2, 0) is 6.54 Å². The van der Waals surface area contributed by atoms with Crippen LogP contribution in [-0.4, -0.2) is 56.1 Å². The predicted molar refractivity (Wildman–Crippen MR) is 82.7 cm³/mol. The van der Waals surface area contributed by atoms with Crippen LogP contribution >= 0.6 is 0 Å². The van der Waals surface area contributed by atoms with E-state index in [1.807, 2.05) is 12.1 Å². The third kappa shape index (κ3) is 4.93. The number of nitrogens with zero attached hydrogens (tertiary/aromatic N) is 2. The zero-order valence-electron chi connectivity index (χ0n) is 13.1. The molecule has 0 aromatic carbocycles. The number of likely N-dealkylation sites (N-methyl/N-ethyl adjacent to an activating group) is 1. The third-order valence-corrected chi connectivity index (χ3v) is 4.46. The monoisotopic (exact) mass is 279 g/mol. The maximum atomic E-state index is 5.33. The Morgan fingerprint density at radius 1 is 1.45 bits per heavy atom. The van der Waals surface area contributed by atoms with E-state index in [9.17, 15) is 0 Å². The summed E-state index contributed by atoms with van der Waals surface area (Å²) < 4.78 is 5.33. The number of rotatable bonds is 7. The van der Waals surface area contributed by atoms with Gasteiger partial charge in [0.1, 0.15) is 5.76 Å². The van der Waals surface area contributed by atoms with E-state index in [4.69, 9.17) is 4.42 Å². The van der Waals surface area contributed by atoms with Crippen molar-refractivity contribution in [3.63, 3.8) is 0 Å². The van der Waals surface area contributed by atoms with Gasteiger partial charge in [-0.15, -0.1) is 0 Å². The highest BCUT2D eigenvalue weighted by Gasteiger charge is 2.20. The van der Waals surface area contributed by atoms with Crippen molar-refractivity contribution in [2.75, 3.05) is 40.3 Å². The average molecular weight is 279 g/mol. The largest absolute Gasteiger partial charge is 0.468 e. The lowest BCUT2D eigenvalue weighted by Crippen LogP contribution is -2.42. The van der Waals surface area contributed by atoms with Gasteiger partial charge in [-0.05, 0) is 65.0 Å². The molecule has 0 spiro atoms. The van der Waals surface area contributed by atoms with Gasteiger partial charge in [0.2, 0.25) is 0 Å². The van der Waals surface area contributed by atoms with Crippen LogP contribution in [0.5, 0.6) is 0 Å². The normalized spacial score (nSPS) is 19.6. The van der Waals surface area contributed by atoms with Crippen LogP contribution in [0.25, 0.3) is 0 Å². The van der Waals surface area contributed by atoms with Crippen LogP contribution in [0.15, 0.2) is 22.8 Å². The second-order valence-corrected chi connectivity index (χ2v) is 6.25. The summed E-state index contributed by atoms with van der Waals surface area (Å²) in [6, 6.07) is 4.51. The molecule has 4 nitrogen and oxygen atoms in total. The van der Waals surface area contributed by atoms with E-state index in [1.165, 1.54) is 32.5 Å². The van der Waals surface area contributed by atoms with Gasteiger partial charge in [-0.3, -0.25) is 0 Å². The van der Waals surface area contributed by atoms with Crippen LogP contribution in [0.1, 0.15) is 25.5 Å². The van der Waals surface area contributed by atoms with E-state index in [0.29, 0.717) is 6.04 Å². The topological polar surface area (TPSA) is 31.7 Å². The molecule has 0 saturated carbocycles. The van der Waals surface area contributed by atoms with E-state index < -0.39 is 0 Å². The Morgan fingerprint density at radius 2 is 2.20 bits per heavy atom. The molecule has 1 unspecified atom stereocenters. The molecule has 1 aromatic heterocycles. The minimum absolute atomic E-state index is 0.560. The first-order valence-electron chi connectivity index (χ1n) is 7.77. The molecule has 1 N–H and O–H groups in total. The van der Waals surface area contributed by atoms with Gasteiger partial charge in [-0.25, -0.2) is 0 Å². The smallest absolute Gasteiger partial charge is 0.117 e. The zero-order valence-corrected chi connectivity index (χ0v) is 13.1. The van der Waals surface area contributed by atoms with Gasteiger partial charge in [0.25, 0.3) is 0 Å². The van der Waals surface area contributed by atoms with E-state index in [-0.39, 0.29) is 0 Å². The summed E-state index contributed by atoms with van der Waals surface area (Å²) >= 11 is 0. The standard InChI is InChI=1S/C16H29N3O/c1-14(11-17-12-16-5-4-10-20-16)19(3)13-15-6-8-18(2)9-7-15/h4-5,10,14-15,17H,6-9,11-13H2,1-3H3. The number of hydrogen-bond acceptors (Lipinski definition) is 4. The van der Waals surface area contributed by atoms with Gasteiger partial charge in [0.05, 0.1) is 12.8 Å². The predicted octanol–water partition coefficient (Wildman–Crippen LogP) is 2.03. The van der Waals surface area contributed by atoms with Crippen molar-refractivity contribution in [3.05, 3.63) is 24.2 Å². The van der Waals surface area contributed by atoms with Crippen molar-refractivity contribution in [1.29, 1.82) is 0 Å². The minimum Gasteiger partial charge on any atom is -0.468 e. The number of nitrogens with one attached hydrogen (secondary N) is 1. The number of hydrogen-bond donors (Lipinski definition) is 1. The molecule has 1 saturated heterocycles. The summed E-state index contributed by atoms with van der Waals surface area (Å²) in [5.41, 5.74) is 0. The molecular formula is C16H29N3O. The molecular weight excluding hydrogens is 250 g/mol. The molecule has 2 rings (SSSR count). The number of furan rings is 1.